The van der Waals surface area contributed by atoms with Crippen molar-refractivity contribution in [2.45, 2.75) is 18.9 Å². The average Bonchev–Trinajstić information content (AvgIpc) is 2.57. The second-order valence-electron chi connectivity index (χ2n) is 5.40. The molecule has 0 atom stereocenters. The molecule has 140 valence electrons. The molecule has 9 heteroatoms. The first-order valence-electron chi connectivity index (χ1n) is 7.39. The summed E-state index contributed by atoms with van der Waals surface area (Å²) < 4.78 is 75.1. The molecule has 0 radical (unpaired) electrons. The second kappa shape index (κ2) is 7.67. The van der Waals surface area contributed by atoms with Crippen LogP contribution in [0.2, 0.25) is 0 Å². The largest absolute Gasteiger partial charge is 0.416 e. The number of carbonyl (C=O) groups is 1. The molecule has 0 spiro atoms. The van der Waals surface area contributed by atoms with Gasteiger partial charge in [0.1, 0.15) is 0 Å². The van der Waals surface area contributed by atoms with Gasteiger partial charge in [0.2, 0.25) is 5.91 Å². The minimum atomic E-state index is -4.48. The van der Waals surface area contributed by atoms with Crippen LogP contribution in [-0.4, -0.2) is 12.5 Å². The molecule has 0 aliphatic heterocycles. The SMILES string of the molecule is O=C(CNc1cccc(C(F)(F)F)c1)NCc1ccc(C(F)(F)F)cc1. The van der Waals surface area contributed by atoms with E-state index in [1.807, 2.05) is 0 Å². The predicted molar refractivity (Wildman–Crippen MR) is 83.2 cm³/mol. The fourth-order valence-electron chi connectivity index (χ4n) is 2.06. The van der Waals surface area contributed by atoms with E-state index >= 15 is 0 Å². The first kappa shape index (κ1) is 19.6. The van der Waals surface area contributed by atoms with Gasteiger partial charge in [-0.2, -0.15) is 26.3 Å². The molecule has 2 rings (SSSR count). The Morgan fingerprint density at radius 2 is 1.46 bits per heavy atom. The standard InChI is InChI=1S/C17H14F6N2O/c18-16(19,20)12-6-4-11(5-7-12)9-25-15(26)10-24-14-3-1-2-13(8-14)17(21,22)23/h1-8,24H,9-10H2,(H,25,26). The molecule has 2 N–H and O–H groups in total. The molecule has 0 fully saturated rings. The van der Waals surface area contributed by atoms with Crippen LogP contribution in [0.25, 0.3) is 0 Å². The van der Waals surface area contributed by atoms with Crippen LogP contribution in [0.4, 0.5) is 32.0 Å². The van der Waals surface area contributed by atoms with Crippen LogP contribution in [0, 0.1) is 0 Å². The molecule has 1 amide bonds. The summed E-state index contributed by atoms with van der Waals surface area (Å²) in [7, 11) is 0. The van der Waals surface area contributed by atoms with Crippen molar-refractivity contribution in [3.05, 3.63) is 65.2 Å². The highest BCUT2D eigenvalue weighted by molar-refractivity contribution is 5.80. The molecule has 0 aliphatic carbocycles. The maximum atomic E-state index is 12.6. The van der Waals surface area contributed by atoms with Gasteiger partial charge in [0.15, 0.2) is 0 Å². The lowest BCUT2D eigenvalue weighted by Gasteiger charge is -2.11. The summed E-state index contributed by atoms with van der Waals surface area (Å²) in [6, 6.07) is 8.68. The molecule has 2 aromatic rings. The Bertz CT molecular complexity index is 753. The highest BCUT2D eigenvalue weighted by atomic mass is 19.4. The summed E-state index contributed by atoms with van der Waals surface area (Å²) in [5.74, 6) is -0.512. The van der Waals surface area contributed by atoms with Crippen molar-refractivity contribution in [2.24, 2.45) is 0 Å². The van der Waals surface area contributed by atoms with Crippen molar-refractivity contribution in [1.29, 1.82) is 0 Å². The summed E-state index contributed by atoms with van der Waals surface area (Å²) in [5, 5.41) is 5.03. The minimum Gasteiger partial charge on any atom is -0.376 e. The topological polar surface area (TPSA) is 41.1 Å². The van der Waals surface area contributed by atoms with Crippen LogP contribution >= 0.6 is 0 Å². The monoisotopic (exact) mass is 376 g/mol. The highest BCUT2D eigenvalue weighted by Crippen LogP contribution is 2.30. The van der Waals surface area contributed by atoms with Crippen LogP contribution in [0.5, 0.6) is 0 Å². The van der Waals surface area contributed by atoms with Gasteiger partial charge in [-0.05, 0) is 35.9 Å². The molecule has 0 bridgehead atoms. The summed E-state index contributed by atoms with van der Waals surface area (Å²) >= 11 is 0. The summed E-state index contributed by atoms with van der Waals surface area (Å²) in [5.41, 5.74) is -1.04. The van der Waals surface area contributed by atoms with E-state index in [4.69, 9.17) is 0 Å². The normalized spacial score (nSPS) is 11.9. The van der Waals surface area contributed by atoms with Gasteiger partial charge in [-0.15, -0.1) is 0 Å². The summed E-state index contributed by atoms with van der Waals surface area (Å²) in [4.78, 5) is 11.7. The molecular formula is C17H14F6N2O. The molecular weight excluding hydrogens is 362 g/mol. The molecule has 0 saturated heterocycles. The molecule has 0 unspecified atom stereocenters. The Morgan fingerprint density at radius 3 is 2.04 bits per heavy atom. The lowest BCUT2D eigenvalue weighted by Crippen LogP contribution is -2.29. The van der Waals surface area contributed by atoms with Crippen molar-refractivity contribution in [3.8, 4) is 0 Å². The van der Waals surface area contributed by atoms with E-state index < -0.39 is 29.4 Å². The Kier molecular flexibility index (Phi) is 5.79. The quantitative estimate of drug-likeness (QED) is 0.757. The average molecular weight is 376 g/mol. The third-order valence-corrected chi connectivity index (χ3v) is 3.41. The van der Waals surface area contributed by atoms with Crippen LogP contribution in [-0.2, 0) is 23.7 Å². The number of amides is 1. The van der Waals surface area contributed by atoms with E-state index in [1.165, 1.54) is 24.3 Å². The minimum absolute atomic E-state index is 0.00123. The van der Waals surface area contributed by atoms with Gasteiger partial charge >= 0.3 is 12.4 Å². The van der Waals surface area contributed by atoms with E-state index in [-0.39, 0.29) is 18.8 Å². The molecule has 0 aliphatic rings. The van der Waals surface area contributed by atoms with Gasteiger partial charge in [0.05, 0.1) is 17.7 Å². The molecule has 0 heterocycles. The molecule has 26 heavy (non-hydrogen) atoms. The Hall–Kier alpha value is -2.71. The predicted octanol–water partition coefficient (Wildman–Crippen LogP) is 4.45. The van der Waals surface area contributed by atoms with E-state index in [1.54, 1.807) is 0 Å². The Morgan fingerprint density at radius 1 is 0.846 bits per heavy atom. The van der Waals surface area contributed by atoms with Crippen molar-refractivity contribution in [1.82, 2.24) is 5.32 Å². The zero-order valence-corrected chi connectivity index (χ0v) is 13.2. The van der Waals surface area contributed by atoms with Gasteiger partial charge in [0, 0.05) is 12.2 Å². The van der Waals surface area contributed by atoms with Crippen molar-refractivity contribution in [3.63, 3.8) is 0 Å². The maximum absolute atomic E-state index is 12.6. The zero-order chi connectivity index (χ0) is 19.4. The highest BCUT2D eigenvalue weighted by Gasteiger charge is 2.30. The Labute approximate surface area is 145 Å². The van der Waals surface area contributed by atoms with Crippen molar-refractivity contribution in [2.75, 3.05) is 11.9 Å². The smallest absolute Gasteiger partial charge is 0.376 e. The van der Waals surface area contributed by atoms with E-state index in [0.717, 1.165) is 24.3 Å². The van der Waals surface area contributed by atoms with E-state index in [9.17, 15) is 31.1 Å². The molecule has 3 nitrogen and oxygen atoms in total. The first-order valence-corrected chi connectivity index (χ1v) is 7.39. The van der Waals surface area contributed by atoms with Gasteiger partial charge in [-0.3, -0.25) is 4.79 Å². The number of carbonyl (C=O) groups excluding carboxylic acids is 1. The number of anilines is 1. The summed E-state index contributed by atoms with van der Waals surface area (Å²) in [6.07, 6.45) is -8.92. The number of hydrogen-bond donors (Lipinski definition) is 2. The van der Waals surface area contributed by atoms with Crippen LogP contribution in [0.1, 0.15) is 16.7 Å². The Balaban J connectivity index is 1.84. The van der Waals surface area contributed by atoms with Gasteiger partial charge in [-0.25, -0.2) is 0 Å². The summed E-state index contributed by atoms with van der Waals surface area (Å²) in [6.45, 7) is -0.275. The van der Waals surface area contributed by atoms with Gasteiger partial charge in [-0.1, -0.05) is 18.2 Å². The number of nitrogens with one attached hydrogen (secondary N) is 2. The van der Waals surface area contributed by atoms with Gasteiger partial charge < -0.3 is 10.6 Å². The third-order valence-electron chi connectivity index (χ3n) is 3.41. The van der Waals surface area contributed by atoms with Crippen LogP contribution in [0.15, 0.2) is 48.5 Å². The van der Waals surface area contributed by atoms with Crippen LogP contribution in [0.3, 0.4) is 0 Å². The maximum Gasteiger partial charge on any atom is 0.416 e. The third kappa shape index (κ3) is 5.68. The van der Waals surface area contributed by atoms with Gasteiger partial charge in [0.25, 0.3) is 0 Å². The second-order valence-corrected chi connectivity index (χ2v) is 5.40. The zero-order valence-electron chi connectivity index (χ0n) is 13.2. The van der Waals surface area contributed by atoms with Crippen LogP contribution < -0.4 is 10.6 Å². The number of hydrogen-bond acceptors (Lipinski definition) is 2. The fourth-order valence-corrected chi connectivity index (χ4v) is 2.06. The van der Waals surface area contributed by atoms with Crippen molar-refractivity contribution >= 4 is 11.6 Å². The molecule has 2 aromatic carbocycles. The lowest BCUT2D eigenvalue weighted by atomic mass is 10.1. The van der Waals surface area contributed by atoms with E-state index in [2.05, 4.69) is 10.6 Å². The van der Waals surface area contributed by atoms with E-state index in [0.29, 0.717) is 5.56 Å². The van der Waals surface area contributed by atoms with Crippen molar-refractivity contribution < 1.29 is 31.1 Å². The lowest BCUT2D eigenvalue weighted by molar-refractivity contribution is -0.138. The fraction of sp³-hybridized carbons (Fsp3) is 0.235. The number of benzene rings is 2. The molecule has 0 aromatic heterocycles. The first-order chi connectivity index (χ1) is 12.1. The number of rotatable bonds is 5. The number of alkyl halides is 6. The molecule has 0 saturated carbocycles. The number of halogens is 6.